The molecular formula is C23H23N3O3. The Kier molecular flexibility index (Phi) is 5.33. The summed E-state index contributed by atoms with van der Waals surface area (Å²) in [7, 11) is 1.64. The number of pyridine rings is 1. The highest BCUT2D eigenvalue weighted by atomic mass is 16.5. The third kappa shape index (κ3) is 4.01. The summed E-state index contributed by atoms with van der Waals surface area (Å²) in [4.78, 5) is 17.3. The molecule has 29 heavy (non-hydrogen) atoms. The van der Waals surface area contributed by atoms with E-state index in [4.69, 9.17) is 9.15 Å². The van der Waals surface area contributed by atoms with Crippen LogP contribution in [-0.2, 0) is 11.3 Å². The maximum absolute atomic E-state index is 12.8. The predicted octanol–water partition coefficient (Wildman–Crippen LogP) is 4.08. The Morgan fingerprint density at radius 2 is 2.10 bits per heavy atom. The lowest BCUT2D eigenvalue weighted by Crippen LogP contribution is -2.25. The van der Waals surface area contributed by atoms with Crippen LogP contribution in [0, 0.1) is 6.92 Å². The molecule has 0 saturated heterocycles. The van der Waals surface area contributed by atoms with E-state index in [-0.39, 0.29) is 18.2 Å². The Hall–Kier alpha value is -3.54. The molecule has 0 aliphatic carbocycles. The fraction of sp³-hybridized carbons (Fsp3) is 0.217. The topological polar surface area (TPSA) is 68.8 Å². The molecule has 4 rings (SSSR count). The van der Waals surface area contributed by atoms with Crippen molar-refractivity contribution in [3.05, 3.63) is 89.8 Å². The highest BCUT2D eigenvalue weighted by molar-refractivity contribution is 5.77. The van der Waals surface area contributed by atoms with Crippen molar-refractivity contribution in [1.82, 2.24) is 14.7 Å². The predicted molar refractivity (Wildman–Crippen MR) is 110 cm³/mol. The lowest BCUT2D eigenvalue weighted by Gasteiger charge is -2.19. The molecule has 1 aromatic carbocycles. The first-order valence-electron chi connectivity index (χ1n) is 9.51. The number of hydrogen-bond donors (Lipinski definition) is 1. The molecule has 148 valence electrons. The minimum atomic E-state index is -0.208. The Labute approximate surface area is 169 Å². The molecule has 1 N–H and O–H groups in total. The molecule has 1 amide bonds. The van der Waals surface area contributed by atoms with Gasteiger partial charge in [0.1, 0.15) is 17.2 Å². The number of methoxy groups -OCH3 is 1. The summed E-state index contributed by atoms with van der Waals surface area (Å²) in [5.74, 6) is 1.19. The molecule has 3 heterocycles. The molecule has 1 atom stereocenters. The van der Waals surface area contributed by atoms with Gasteiger partial charge in [0.2, 0.25) is 5.91 Å². The first-order chi connectivity index (χ1) is 14.2. The molecule has 0 radical (unpaired) electrons. The molecule has 0 aliphatic heterocycles. The van der Waals surface area contributed by atoms with Crippen molar-refractivity contribution >= 4 is 11.6 Å². The van der Waals surface area contributed by atoms with Crippen molar-refractivity contribution in [2.75, 3.05) is 7.11 Å². The van der Waals surface area contributed by atoms with Crippen LogP contribution in [0.5, 0.6) is 5.75 Å². The van der Waals surface area contributed by atoms with Crippen LogP contribution >= 0.6 is 0 Å². The number of carbonyl (C=O) groups excluding carboxylic acids is 1. The lowest BCUT2D eigenvalue weighted by atomic mass is 9.91. The van der Waals surface area contributed by atoms with Gasteiger partial charge in [-0.15, -0.1) is 0 Å². The summed E-state index contributed by atoms with van der Waals surface area (Å²) in [6.45, 7) is 2.39. The van der Waals surface area contributed by atoms with Gasteiger partial charge in [0.25, 0.3) is 0 Å². The second-order valence-corrected chi connectivity index (χ2v) is 6.97. The molecule has 0 saturated carbocycles. The van der Waals surface area contributed by atoms with Gasteiger partial charge in [-0.2, -0.15) is 0 Å². The summed E-state index contributed by atoms with van der Waals surface area (Å²) < 4.78 is 12.9. The molecule has 6 heteroatoms. The summed E-state index contributed by atoms with van der Waals surface area (Å²) in [6.07, 6.45) is 5.70. The monoisotopic (exact) mass is 389 g/mol. The van der Waals surface area contributed by atoms with Crippen LogP contribution in [0.25, 0.3) is 5.65 Å². The zero-order valence-corrected chi connectivity index (χ0v) is 16.5. The van der Waals surface area contributed by atoms with Gasteiger partial charge in [-0.25, -0.2) is 4.98 Å². The SMILES string of the molecule is COc1ccccc1C(CC(=O)NCc1ccco1)c1cnc2cc(C)ccn12. The van der Waals surface area contributed by atoms with Crippen molar-refractivity contribution in [1.29, 1.82) is 0 Å². The van der Waals surface area contributed by atoms with E-state index in [9.17, 15) is 4.79 Å². The van der Waals surface area contributed by atoms with Crippen LogP contribution < -0.4 is 10.1 Å². The summed E-state index contributed by atoms with van der Waals surface area (Å²) >= 11 is 0. The number of amides is 1. The fourth-order valence-corrected chi connectivity index (χ4v) is 3.54. The van der Waals surface area contributed by atoms with E-state index in [0.717, 1.165) is 34.0 Å². The smallest absolute Gasteiger partial charge is 0.221 e. The number of ether oxygens (including phenoxy) is 1. The minimum absolute atomic E-state index is 0.0700. The number of benzene rings is 1. The quantitative estimate of drug-likeness (QED) is 0.517. The lowest BCUT2D eigenvalue weighted by molar-refractivity contribution is -0.121. The number of aromatic nitrogens is 2. The second kappa shape index (κ2) is 8.22. The van der Waals surface area contributed by atoms with Gasteiger partial charge in [-0.05, 0) is 42.8 Å². The Bertz CT molecular complexity index is 1120. The summed E-state index contributed by atoms with van der Waals surface area (Å²) in [5.41, 5.74) is 3.89. The molecule has 0 fully saturated rings. The third-order valence-electron chi connectivity index (χ3n) is 5.00. The van der Waals surface area contributed by atoms with Gasteiger partial charge in [-0.3, -0.25) is 4.79 Å². The number of furan rings is 1. The van der Waals surface area contributed by atoms with Crippen LogP contribution in [-0.4, -0.2) is 22.4 Å². The number of nitrogens with one attached hydrogen (secondary N) is 1. The fourth-order valence-electron chi connectivity index (χ4n) is 3.54. The molecule has 0 bridgehead atoms. The highest BCUT2D eigenvalue weighted by Crippen LogP contribution is 2.34. The Balaban J connectivity index is 1.68. The van der Waals surface area contributed by atoms with Crippen LogP contribution in [0.1, 0.15) is 34.9 Å². The number of imidazole rings is 1. The maximum Gasteiger partial charge on any atom is 0.221 e. The molecule has 3 aromatic heterocycles. The van der Waals surface area contributed by atoms with Crippen molar-refractivity contribution in [2.45, 2.75) is 25.8 Å². The van der Waals surface area contributed by atoms with E-state index in [0.29, 0.717) is 6.54 Å². The van der Waals surface area contributed by atoms with Gasteiger partial charge in [0.05, 0.1) is 25.6 Å². The van der Waals surface area contributed by atoms with Crippen molar-refractivity contribution in [3.8, 4) is 5.75 Å². The minimum Gasteiger partial charge on any atom is -0.496 e. The van der Waals surface area contributed by atoms with Gasteiger partial charge < -0.3 is 18.9 Å². The normalized spacial score (nSPS) is 12.1. The maximum atomic E-state index is 12.8. The Morgan fingerprint density at radius 3 is 2.90 bits per heavy atom. The van der Waals surface area contributed by atoms with Crippen molar-refractivity contribution in [2.24, 2.45) is 0 Å². The molecular weight excluding hydrogens is 366 g/mol. The molecule has 6 nitrogen and oxygen atoms in total. The second-order valence-electron chi connectivity index (χ2n) is 6.97. The van der Waals surface area contributed by atoms with E-state index in [1.165, 1.54) is 0 Å². The Morgan fingerprint density at radius 1 is 1.24 bits per heavy atom. The summed E-state index contributed by atoms with van der Waals surface area (Å²) in [5, 5.41) is 2.94. The third-order valence-corrected chi connectivity index (χ3v) is 5.00. The number of hydrogen-bond acceptors (Lipinski definition) is 4. The zero-order valence-electron chi connectivity index (χ0n) is 16.5. The average Bonchev–Trinajstić information content (AvgIpc) is 3.40. The van der Waals surface area contributed by atoms with Gasteiger partial charge in [0, 0.05) is 30.3 Å². The molecule has 1 unspecified atom stereocenters. The number of nitrogens with zero attached hydrogens (tertiary/aromatic N) is 2. The number of para-hydroxylation sites is 1. The van der Waals surface area contributed by atoms with Gasteiger partial charge in [0.15, 0.2) is 0 Å². The van der Waals surface area contributed by atoms with Crippen LogP contribution in [0.15, 0.2) is 71.6 Å². The average molecular weight is 389 g/mol. The van der Waals surface area contributed by atoms with Crippen LogP contribution in [0.4, 0.5) is 0 Å². The van der Waals surface area contributed by atoms with Gasteiger partial charge >= 0.3 is 0 Å². The van der Waals surface area contributed by atoms with E-state index >= 15 is 0 Å². The van der Waals surface area contributed by atoms with Crippen molar-refractivity contribution < 1.29 is 13.9 Å². The number of fused-ring (bicyclic) bond motifs is 1. The van der Waals surface area contributed by atoms with Gasteiger partial charge in [-0.1, -0.05) is 18.2 Å². The zero-order chi connectivity index (χ0) is 20.2. The summed E-state index contributed by atoms with van der Waals surface area (Å²) in [6, 6.07) is 15.5. The number of aryl methyl sites for hydroxylation is 1. The first-order valence-corrected chi connectivity index (χ1v) is 9.51. The van der Waals surface area contributed by atoms with Crippen molar-refractivity contribution in [3.63, 3.8) is 0 Å². The van der Waals surface area contributed by atoms with E-state index < -0.39 is 0 Å². The number of carbonyl (C=O) groups is 1. The van der Waals surface area contributed by atoms with E-state index in [2.05, 4.69) is 10.3 Å². The van der Waals surface area contributed by atoms with E-state index in [1.54, 1.807) is 19.4 Å². The standard InChI is InChI=1S/C23H23N3O3/c1-16-9-10-26-20(15-24-22(26)12-16)19(18-7-3-4-8-21(18)28-2)13-23(27)25-14-17-6-5-11-29-17/h3-12,15,19H,13-14H2,1-2H3,(H,25,27). The van der Waals surface area contributed by atoms with E-state index in [1.807, 2.05) is 66.2 Å². The molecule has 0 spiro atoms. The largest absolute Gasteiger partial charge is 0.496 e. The highest BCUT2D eigenvalue weighted by Gasteiger charge is 2.24. The van der Waals surface area contributed by atoms with Crippen LogP contribution in [0.2, 0.25) is 0 Å². The van der Waals surface area contributed by atoms with Crippen LogP contribution in [0.3, 0.4) is 0 Å². The number of rotatable bonds is 7. The first kappa shape index (κ1) is 18.8. The molecule has 0 aliphatic rings. The molecule has 4 aromatic rings.